The van der Waals surface area contributed by atoms with Crippen molar-refractivity contribution < 1.29 is 4.79 Å². The molecule has 1 aromatic rings. The molecule has 2 rings (SSSR count). The minimum Gasteiger partial charge on any atom is -0.378 e. The van der Waals surface area contributed by atoms with Crippen LogP contribution >= 0.6 is 0 Å². The van der Waals surface area contributed by atoms with Gasteiger partial charge in [0.2, 0.25) is 5.91 Å². The van der Waals surface area contributed by atoms with Crippen LogP contribution in [0.25, 0.3) is 0 Å². The van der Waals surface area contributed by atoms with Crippen LogP contribution in [0.4, 0.5) is 5.69 Å². The summed E-state index contributed by atoms with van der Waals surface area (Å²) < 4.78 is 0. The van der Waals surface area contributed by atoms with Gasteiger partial charge in [-0.05, 0) is 17.7 Å². The molecule has 1 atom stereocenters. The molecule has 0 N–H and O–H groups in total. The van der Waals surface area contributed by atoms with Gasteiger partial charge in [-0.3, -0.25) is 9.69 Å². The van der Waals surface area contributed by atoms with E-state index >= 15 is 0 Å². The zero-order chi connectivity index (χ0) is 16.1. The molecule has 1 aliphatic heterocycles. The molecule has 5 heteroatoms. The summed E-state index contributed by atoms with van der Waals surface area (Å²) in [6, 6.07) is 10.3. The fraction of sp³-hybridized carbons (Fsp3) is 0.529. The van der Waals surface area contributed by atoms with Gasteiger partial charge in [0.05, 0.1) is 6.07 Å². The van der Waals surface area contributed by atoms with E-state index in [0.29, 0.717) is 19.5 Å². The molecule has 1 amide bonds. The van der Waals surface area contributed by atoms with Crippen LogP contribution in [0, 0.1) is 11.3 Å². The van der Waals surface area contributed by atoms with Crippen LogP contribution in [0.5, 0.6) is 0 Å². The largest absolute Gasteiger partial charge is 0.378 e. The summed E-state index contributed by atoms with van der Waals surface area (Å²) >= 11 is 0. The molecular formula is C17H24N4O. The first-order valence-electron chi connectivity index (χ1n) is 7.75. The van der Waals surface area contributed by atoms with Crippen molar-refractivity contribution in [3.63, 3.8) is 0 Å². The summed E-state index contributed by atoms with van der Waals surface area (Å²) in [5.74, 6) is 0.198. The summed E-state index contributed by atoms with van der Waals surface area (Å²) in [7, 11) is 4.00. The number of nitrogens with zero attached hydrogens (tertiary/aromatic N) is 4. The summed E-state index contributed by atoms with van der Waals surface area (Å²) in [6.07, 6.45) is 0.549. The van der Waals surface area contributed by atoms with E-state index in [4.69, 9.17) is 0 Å². The molecule has 0 spiro atoms. The second kappa shape index (κ2) is 7.28. The van der Waals surface area contributed by atoms with E-state index in [1.54, 1.807) is 0 Å². The molecule has 1 aliphatic rings. The van der Waals surface area contributed by atoms with Crippen molar-refractivity contribution in [1.82, 2.24) is 9.80 Å². The molecule has 0 saturated carbocycles. The van der Waals surface area contributed by atoms with Crippen LogP contribution < -0.4 is 4.90 Å². The molecule has 0 aliphatic carbocycles. The highest BCUT2D eigenvalue weighted by Gasteiger charge is 2.26. The van der Waals surface area contributed by atoms with E-state index in [9.17, 15) is 10.1 Å². The molecule has 0 bridgehead atoms. The third kappa shape index (κ3) is 3.58. The number of carbonyl (C=O) groups excluding carboxylic acids is 1. The first kappa shape index (κ1) is 16.3. The van der Waals surface area contributed by atoms with Crippen LogP contribution in [0.2, 0.25) is 0 Å². The molecule has 0 radical (unpaired) electrons. The van der Waals surface area contributed by atoms with Crippen molar-refractivity contribution in [2.75, 3.05) is 45.2 Å². The summed E-state index contributed by atoms with van der Waals surface area (Å²) in [4.78, 5) is 17.8. The lowest BCUT2D eigenvalue weighted by Gasteiger charge is -2.37. The summed E-state index contributed by atoms with van der Waals surface area (Å²) in [6.45, 7) is 4.80. The maximum absolute atomic E-state index is 11.7. The molecule has 0 aromatic heterocycles. The Morgan fingerprint density at radius 1 is 1.23 bits per heavy atom. The average Bonchev–Trinajstić information content (AvgIpc) is 2.56. The number of nitriles is 1. The SMILES string of the molecule is CCC(=O)N1CCN(C(C#N)c2ccc(N(C)C)cc2)CC1. The second-order valence-corrected chi connectivity index (χ2v) is 5.79. The lowest BCUT2D eigenvalue weighted by Crippen LogP contribution is -2.49. The standard InChI is InChI=1S/C17H24N4O/c1-4-17(22)21-11-9-20(10-12-21)16(13-18)14-5-7-15(8-6-14)19(2)3/h5-8,16H,4,9-12H2,1-3H3. The van der Waals surface area contributed by atoms with Gasteiger partial charge >= 0.3 is 0 Å². The predicted molar refractivity (Wildman–Crippen MR) is 87.6 cm³/mol. The number of benzene rings is 1. The van der Waals surface area contributed by atoms with Crippen molar-refractivity contribution in [3.8, 4) is 6.07 Å². The van der Waals surface area contributed by atoms with Gasteiger partial charge in [-0.2, -0.15) is 5.26 Å². The Morgan fingerprint density at radius 2 is 1.82 bits per heavy atom. The molecule has 1 aromatic carbocycles. The van der Waals surface area contributed by atoms with E-state index < -0.39 is 0 Å². The number of anilines is 1. The predicted octanol–water partition coefficient (Wildman–Crippen LogP) is 1.87. The van der Waals surface area contributed by atoms with Crippen LogP contribution in [0.15, 0.2) is 24.3 Å². The Bertz CT molecular complexity index is 539. The van der Waals surface area contributed by atoms with Crippen molar-refractivity contribution in [2.45, 2.75) is 19.4 Å². The number of hydrogen-bond donors (Lipinski definition) is 0. The summed E-state index contributed by atoms with van der Waals surface area (Å²) in [5, 5.41) is 9.55. The van der Waals surface area contributed by atoms with E-state index in [-0.39, 0.29) is 11.9 Å². The van der Waals surface area contributed by atoms with E-state index in [0.717, 1.165) is 24.3 Å². The highest BCUT2D eigenvalue weighted by atomic mass is 16.2. The second-order valence-electron chi connectivity index (χ2n) is 5.79. The van der Waals surface area contributed by atoms with Gasteiger partial charge in [0.25, 0.3) is 0 Å². The Kier molecular flexibility index (Phi) is 5.40. The van der Waals surface area contributed by atoms with Gasteiger partial charge in [-0.25, -0.2) is 0 Å². The highest BCUT2D eigenvalue weighted by Crippen LogP contribution is 2.24. The molecule has 118 valence electrons. The molecule has 1 unspecified atom stereocenters. The molecule has 1 heterocycles. The Balaban J connectivity index is 2.04. The van der Waals surface area contributed by atoms with Crippen LogP contribution in [-0.2, 0) is 4.79 Å². The van der Waals surface area contributed by atoms with Crippen LogP contribution in [0.3, 0.4) is 0 Å². The van der Waals surface area contributed by atoms with Gasteiger partial charge in [0.1, 0.15) is 6.04 Å². The van der Waals surface area contributed by atoms with Crippen LogP contribution in [-0.4, -0.2) is 56.0 Å². The average molecular weight is 300 g/mol. The number of hydrogen-bond acceptors (Lipinski definition) is 4. The highest BCUT2D eigenvalue weighted by molar-refractivity contribution is 5.75. The normalized spacial score (nSPS) is 16.9. The zero-order valence-corrected chi connectivity index (χ0v) is 13.6. The van der Waals surface area contributed by atoms with Crippen molar-refractivity contribution in [3.05, 3.63) is 29.8 Å². The van der Waals surface area contributed by atoms with Gasteiger partial charge in [0.15, 0.2) is 0 Å². The minimum absolute atomic E-state index is 0.198. The van der Waals surface area contributed by atoms with Crippen molar-refractivity contribution in [1.29, 1.82) is 5.26 Å². The van der Waals surface area contributed by atoms with E-state index in [2.05, 4.69) is 11.0 Å². The number of carbonyl (C=O) groups is 1. The molecule has 5 nitrogen and oxygen atoms in total. The van der Waals surface area contributed by atoms with Gasteiger partial charge in [-0.15, -0.1) is 0 Å². The third-order valence-corrected chi connectivity index (χ3v) is 4.18. The summed E-state index contributed by atoms with van der Waals surface area (Å²) in [5.41, 5.74) is 2.14. The Labute approximate surface area is 132 Å². The molecule has 1 fully saturated rings. The monoisotopic (exact) mass is 300 g/mol. The number of rotatable bonds is 4. The molecular weight excluding hydrogens is 276 g/mol. The van der Waals surface area contributed by atoms with Gasteiger partial charge in [0, 0.05) is 52.4 Å². The smallest absolute Gasteiger partial charge is 0.222 e. The maximum Gasteiger partial charge on any atom is 0.222 e. The minimum atomic E-state index is -0.241. The number of piperazine rings is 1. The van der Waals surface area contributed by atoms with Gasteiger partial charge in [-0.1, -0.05) is 19.1 Å². The Morgan fingerprint density at radius 3 is 2.27 bits per heavy atom. The third-order valence-electron chi connectivity index (χ3n) is 4.18. The fourth-order valence-corrected chi connectivity index (χ4v) is 2.77. The topological polar surface area (TPSA) is 50.6 Å². The zero-order valence-electron chi connectivity index (χ0n) is 13.6. The van der Waals surface area contributed by atoms with Crippen LogP contribution in [0.1, 0.15) is 24.9 Å². The maximum atomic E-state index is 11.7. The first-order valence-corrected chi connectivity index (χ1v) is 7.75. The lowest BCUT2D eigenvalue weighted by atomic mass is 10.0. The number of amides is 1. The lowest BCUT2D eigenvalue weighted by molar-refractivity contribution is -0.132. The van der Waals surface area contributed by atoms with Crippen molar-refractivity contribution >= 4 is 11.6 Å². The first-order chi connectivity index (χ1) is 10.6. The quantitative estimate of drug-likeness (QED) is 0.852. The van der Waals surface area contributed by atoms with E-state index in [1.807, 2.05) is 55.1 Å². The Hall–Kier alpha value is -2.06. The van der Waals surface area contributed by atoms with Crippen molar-refractivity contribution in [2.24, 2.45) is 0 Å². The fourth-order valence-electron chi connectivity index (χ4n) is 2.77. The van der Waals surface area contributed by atoms with Gasteiger partial charge < -0.3 is 9.80 Å². The van der Waals surface area contributed by atoms with E-state index in [1.165, 1.54) is 0 Å². The molecule has 22 heavy (non-hydrogen) atoms. The molecule has 1 saturated heterocycles.